The Bertz CT molecular complexity index is 646. The van der Waals surface area contributed by atoms with Gasteiger partial charge in [-0.25, -0.2) is 0 Å². The van der Waals surface area contributed by atoms with E-state index in [4.69, 9.17) is 9.47 Å². The summed E-state index contributed by atoms with van der Waals surface area (Å²) in [7, 11) is 1.59. The Hall–Kier alpha value is -1.67. The van der Waals surface area contributed by atoms with Crippen molar-refractivity contribution in [1.82, 2.24) is 15.1 Å². The first-order chi connectivity index (χ1) is 15.6. The molecule has 2 saturated heterocycles. The number of methoxy groups -OCH3 is 1. The SMILES string of the molecule is COCC(C)OC(=O)CC1CCN(C(=O)[C@H](CC(C)C)N2CCN[C@@H](CC(C)C)C2=O)CC1. The number of piperidine rings is 1. The summed E-state index contributed by atoms with van der Waals surface area (Å²) in [5.41, 5.74) is 0. The number of nitrogens with one attached hydrogen (secondary N) is 1. The predicted octanol–water partition coefficient (Wildman–Crippen LogP) is 2.45. The molecule has 0 aromatic heterocycles. The Kier molecular flexibility index (Phi) is 11.1. The van der Waals surface area contributed by atoms with Crippen molar-refractivity contribution in [3.63, 3.8) is 0 Å². The summed E-state index contributed by atoms with van der Waals surface area (Å²) >= 11 is 0. The van der Waals surface area contributed by atoms with E-state index in [0.717, 1.165) is 25.8 Å². The molecule has 0 bridgehead atoms. The zero-order valence-electron chi connectivity index (χ0n) is 21.5. The molecular weight excluding hydrogens is 422 g/mol. The summed E-state index contributed by atoms with van der Waals surface area (Å²) in [6, 6.07) is -0.621. The molecule has 8 nitrogen and oxygen atoms in total. The first-order valence-electron chi connectivity index (χ1n) is 12.6. The van der Waals surface area contributed by atoms with Gasteiger partial charge in [-0.15, -0.1) is 0 Å². The van der Waals surface area contributed by atoms with Gasteiger partial charge in [0, 0.05) is 39.7 Å². The average molecular weight is 468 g/mol. The van der Waals surface area contributed by atoms with Crippen LogP contribution in [0.1, 0.15) is 66.7 Å². The number of esters is 1. The minimum absolute atomic E-state index is 0.0526. The van der Waals surface area contributed by atoms with E-state index in [1.54, 1.807) is 7.11 Å². The lowest BCUT2D eigenvalue weighted by molar-refractivity contribution is -0.153. The minimum Gasteiger partial charge on any atom is -0.460 e. The van der Waals surface area contributed by atoms with Crippen LogP contribution in [0.3, 0.4) is 0 Å². The molecule has 0 aromatic carbocycles. The molecule has 1 N–H and O–H groups in total. The Morgan fingerprint density at radius 3 is 2.30 bits per heavy atom. The van der Waals surface area contributed by atoms with Gasteiger partial charge in [0.25, 0.3) is 0 Å². The van der Waals surface area contributed by atoms with Crippen LogP contribution in [-0.2, 0) is 23.9 Å². The fourth-order valence-electron chi connectivity index (χ4n) is 4.87. The fourth-order valence-corrected chi connectivity index (χ4v) is 4.87. The number of likely N-dealkylation sites (tertiary alicyclic amines) is 1. The van der Waals surface area contributed by atoms with Crippen LogP contribution in [0.4, 0.5) is 0 Å². The second-order valence-electron chi connectivity index (χ2n) is 10.5. The van der Waals surface area contributed by atoms with Gasteiger partial charge in [0.2, 0.25) is 11.8 Å². The second kappa shape index (κ2) is 13.3. The first-order valence-corrected chi connectivity index (χ1v) is 12.6. The number of piperazine rings is 1. The third-order valence-corrected chi connectivity index (χ3v) is 6.50. The maximum absolute atomic E-state index is 13.6. The molecule has 2 amide bonds. The van der Waals surface area contributed by atoms with E-state index in [-0.39, 0.29) is 35.8 Å². The number of nitrogens with zero attached hydrogens (tertiary/aromatic N) is 2. The Morgan fingerprint density at radius 1 is 1.06 bits per heavy atom. The molecule has 8 heteroatoms. The van der Waals surface area contributed by atoms with Crippen molar-refractivity contribution in [2.24, 2.45) is 17.8 Å². The quantitative estimate of drug-likeness (QED) is 0.470. The maximum atomic E-state index is 13.6. The molecule has 0 aromatic rings. The third kappa shape index (κ3) is 8.56. The van der Waals surface area contributed by atoms with Crippen LogP contribution in [0.15, 0.2) is 0 Å². The molecule has 0 radical (unpaired) electrons. The summed E-state index contributed by atoms with van der Waals surface area (Å²) in [6.07, 6.45) is 3.12. The van der Waals surface area contributed by atoms with Gasteiger partial charge in [0.1, 0.15) is 12.1 Å². The molecule has 0 spiro atoms. The van der Waals surface area contributed by atoms with Crippen LogP contribution in [0.5, 0.6) is 0 Å². The number of amides is 2. The molecule has 33 heavy (non-hydrogen) atoms. The number of hydrogen-bond donors (Lipinski definition) is 1. The highest BCUT2D eigenvalue weighted by Crippen LogP contribution is 2.25. The lowest BCUT2D eigenvalue weighted by Crippen LogP contribution is -2.62. The summed E-state index contributed by atoms with van der Waals surface area (Å²) in [4.78, 5) is 42.7. The van der Waals surface area contributed by atoms with Gasteiger partial charge in [0.05, 0.1) is 12.6 Å². The van der Waals surface area contributed by atoms with Crippen molar-refractivity contribution >= 4 is 17.8 Å². The Morgan fingerprint density at radius 2 is 1.73 bits per heavy atom. The largest absolute Gasteiger partial charge is 0.460 e. The van der Waals surface area contributed by atoms with Crippen molar-refractivity contribution in [1.29, 1.82) is 0 Å². The topological polar surface area (TPSA) is 88.2 Å². The zero-order chi connectivity index (χ0) is 24.5. The van der Waals surface area contributed by atoms with E-state index in [1.165, 1.54) is 0 Å². The molecule has 2 aliphatic heterocycles. The van der Waals surface area contributed by atoms with Crippen molar-refractivity contribution in [2.75, 3.05) is 39.9 Å². The van der Waals surface area contributed by atoms with Crippen molar-refractivity contribution in [3.05, 3.63) is 0 Å². The highest BCUT2D eigenvalue weighted by Gasteiger charge is 2.39. The van der Waals surface area contributed by atoms with Crippen molar-refractivity contribution in [2.45, 2.75) is 84.9 Å². The lowest BCUT2D eigenvalue weighted by Gasteiger charge is -2.42. The monoisotopic (exact) mass is 467 g/mol. The zero-order valence-corrected chi connectivity index (χ0v) is 21.5. The molecule has 1 unspecified atom stereocenters. The van der Waals surface area contributed by atoms with Crippen LogP contribution in [0.2, 0.25) is 0 Å². The van der Waals surface area contributed by atoms with Crippen molar-refractivity contribution < 1.29 is 23.9 Å². The van der Waals surface area contributed by atoms with E-state index in [0.29, 0.717) is 50.9 Å². The van der Waals surface area contributed by atoms with Crippen LogP contribution >= 0.6 is 0 Å². The van der Waals surface area contributed by atoms with E-state index in [2.05, 4.69) is 33.0 Å². The van der Waals surface area contributed by atoms with E-state index < -0.39 is 6.04 Å². The number of ether oxygens (including phenoxy) is 2. The van der Waals surface area contributed by atoms with E-state index in [9.17, 15) is 14.4 Å². The van der Waals surface area contributed by atoms with E-state index >= 15 is 0 Å². The standard InChI is InChI=1S/C25H45N3O5/c1-17(2)13-21-24(30)28(12-9-26-21)22(14-18(3)4)25(31)27-10-7-20(8-11-27)15-23(29)33-19(5)16-32-6/h17-22,26H,7-16H2,1-6H3/t19?,21-,22-/m0/s1. The predicted molar refractivity (Wildman–Crippen MR) is 128 cm³/mol. The van der Waals surface area contributed by atoms with Gasteiger partial charge >= 0.3 is 5.97 Å². The fraction of sp³-hybridized carbons (Fsp3) is 0.880. The van der Waals surface area contributed by atoms with Crippen LogP contribution < -0.4 is 5.32 Å². The maximum Gasteiger partial charge on any atom is 0.306 e. The van der Waals surface area contributed by atoms with Gasteiger partial charge in [-0.3, -0.25) is 14.4 Å². The number of carbonyl (C=O) groups is 3. The van der Waals surface area contributed by atoms with Gasteiger partial charge in [-0.2, -0.15) is 0 Å². The number of rotatable bonds is 11. The van der Waals surface area contributed by atoms with Gasteiger partial charge in [0.15, 0.2) is 0 Å². The molecule has 2 fully saturated rings. The first kappa shape index (κ1) is 27.6. The molecular formula is C25H45N3O5. The van der Waals surface area contributed by atoms with Crippen LogP contribution in [-0.4, -0.2) is 85.7 Å². The van der Waals surface area contributed by atoms with Crippen LogP contribution in [0, 0.1) is 17.8 Å². The molecule has 0 aliphatic carbocycles. The summed E-state index contributed by atoms with van der Waals surface area (Å²) in [6.45, 7) is 13.2. The molecule has 2 heterocycles. The smallest absolute Gasteiger partial charge is 0.306 e. The highest BCUT2D eigenvalue weighted by atomic mass is 16.6. The Labute approximate surface area is 199 Å². The Balaban J connectivity index is 1.96. The highest BCUT2D eigenvalue weighted by molar-refractivity contribution is 5.90. The second-order valence-corrected chi connectivity index (χ2v) is 10.5. The van der Waals surface area contributed by atoms with Gasteiger partial charge in [-0.1, -0.05) is 27.7 Å². The minimum atomic E-state index is -0.411. The summed E-state index contributed by atoms with van der Waals surface area (Å²) in [5, 5.41) is 3.33. The molecule has 2 rings (SSSR count). The lowest BCUT2D eigenvalue weighted by atomic mass is 9.92. The normalized spacial score (nSPS) is 22.1. The molecule has 0 saturated carbocycles. The third-order valence-electron chi connectivity index (χ3n) is 6.50. The molecule has 3 atom stereocenters. The van der Waals surface area contributed by atoms with E-state index in [1.807, 2.05) is 16.7 Å². The number of carbonyl (C=O) groups excluding carboxylic acids is 3. The summed E-state index contributed by atoms with van der Waals surface area (Å²) in [5.74, 6) is 0.842. The summed E-state index contributed by atoms with van der Waals surface area (Å²) < 4.78 is 10.4. The van der Waals surface area contributed by atoms with Crippen molar-refractivity contribution in [3.8, 4) is 0 Å². The average Bonchev–Trinajstić information content (AvgIpc) is 2.73. The molecule has 2 aliphatic rings. The van der Waals surface area contributed by atoms with Gasteiger partial charge < -0.3 is 24.6 Å². The van der Waals surface area contributed by atoms with Gasteiger partial charge in [-0.05, 0) is 50.4 Å². The number of hydrogen-bond acceptors (Lipinski definition) is 6. The van der Waals surface area contributed by atoms with Crippen LogP contribution in [0.25, 0.3) is 0 Å². The molecule has 190 valence electrons.